The number of aromatic nitrogens is 1. The second-order valence-electron chi connectivity index (χ2n) is 6.02. The molecule has 3 heterocycles. The molecule has 0 saturated carbocycles. The minimum Gasteiger partial charge on any atom is -0.465 e. The lowest BCUT2D eigenvalue weighted by Crippen LogP contribution is -2.47. The lowest BCUT2D eigenvalue weighted by molar-refractivity contribution is -0.181. The van der Waals surface area contributed by atoms with Crippen LogP contribution in [0.1, 0.15) is 44.9 Å². The molecule has 0 atom stereocenters. The number of amides is 1. The predicted molar refractivity (Wildman–Crippen MR) is 81.4 cm³/mol. The van der Waals surface area contributed by atoms with Gasteiger partial charge in [0.2, 0.25) is 0 Å². The second kappa shape index (κ2) is 5.98. The van der Waals surface area contributed by atoms with E-state index in [0.717, 1.165) is 0 Å². The highest BCUT2D eigenvalue weighted by atomic mass is 16.7. The quantitative estimate of drug-likeness (QED) is 0.832. The maximum Gasteiger partial charge on any atom is 0.339 e. The number of rotatable bonds is 2. The van der Waals surface area contributed by atoms with Crippen molar-refractivity contribution in [3.05, 3.63) is 22.5 Å². The topological polar surface area (TPSA) is 80.9 Å². The molecule has 1 N–H and O–H groups in total. The molecule has 2 aliphatic rings. The zero-order valence-corrected chi connectivity index (χ0v) is 13.7. The Kier molecular flexibility index (Phi) is 4.16. The molecule has 2 aliphatic heterocycles. The van der Waals surface area contributed by atoms with E-state index in [1.165, 1.54) is 7.11 Å². The van der Waals surface area contributed by atoms with E-state index >= 15 is 0 Å². The number of aryl methyl sites for hydroxylation is 1. The molecule has 126 valence electrons. The number of H-pyrrole nitrogens is 1. The largest absolute Gasteiger partial charge is 0.465 e. The van der Waals surface area contributed by atoms with E-state index in [1.807, 2.05) is 0 Å². The molecule has 7 heteroatoms. The first-order valence-corrected chi connectivity index (χ1v) is 7.82. The number of aromatic amines is 1. The van der Waals surface area contributed by atoms with Gasteiger partial charge in [-0.2, -0.15) is 0 Å². The number of piperidine rings is 1. The number of methoxy groups -OCH3 is 1. The molecule has 1 aromatic heterocycles. The highest BCUT2D eigenvalue weighted by Gasteiger charge is 2.41. The fraction of sp³-hybridized carbons (Fsp3) is 0.625. The Labute approximate surface area is 134 Å². The van der Waals surface area contributed by atoms with Gasteiger partial charge < -0.3 is 24.1 Å². The summed E-state index contributed by atoms with van der Waals surface area (Å²) in [5.41, 5.74) is 2.17. The van der Waals surface area contributed by atoms with Crippen LogP contribution in [0.25, 0.3) is 0 Å². The first-order valence-electron chi connectivity index (χ1n) is 7.82. The number of ether oxygens (including phenoxy) is 3. The van der Waals surface area contributed by atoms with E-state index < -0.39 is 11.8 Å². The Morgan fingerprint density at radius 3 is 2.35 bits per heavy atom. The fourth-order valence-corrected chi connectivity index (χ4v) is 3.37. The zero-order valence-electron chi connectivity index (χ0n) is 13.7. The highest BCUT2D eigenvalue weighted by molar-refractivity contribution is 6.00. The number of carbonyl (C=O) groups is 2. The van der Waals surface area contributed by atoms with E-state index in [0.29, 0.717) is 61.7 Å². The zero-order chi connectivity index (χ0) is 16.6. The number of likely N-dealkylation sites (tertiary alicyclic amines) is 1. The monoisotopic (exact) mass is 322 g/mol. The summed E-state index contributed by atoms with van der Waals surface area (Å²) in [6.07, 6.45) is 1.34. The smallest absolute Gasteiger partial charge is 0.339 e. The first-order chi connectivity index (χ1) is 11.0. The van der Waals surface area contributed by atoms with Crippen LogP contribution in [0.2, 0.25) is 0 Å². The minimum absolute atomic E-state index is 0.103. The highest BCUT2D eigenvalue weighted by Crippen LogP contribution is 2.32. The number of carbonyl (C=O) groups excluding carboxylic acids is 2. The molecule has 2 fully saturated rings. The summed E-state index contributed by atoms with van der Waals surface area (Å²) in [5, 5.41) is 0. The second-order valence-corrected chi connectivity index (χ2v) is 6.02. The van der Waals surface area contributed by atoms with Crippen LogP contribution >= 0.6 is 0 Å². The third kappa shape index (κ3) is 2.74. The molecule has 2 saturated heterocycles. The van der Waals surface area contributed by atoms with Gasteiger partial charge >= 0.3 is 5.97 Å². The van der Waals surface area contributed by atoms with Gasteiger partial charge in [-0.25, -0.2) is 4.79 Å². The van der Waals surface area contributed by atoms with E-state index in [1.54, 1.807) is 18.7 Å². The van der Waals surface area contributed by atoms with Gasteiger partial charge in [0.1, 0.15) is 5.69 Å². The van der Waals surface area contributed by atoms with Crippen molar-refractivity contribution in [2.75, 3.05) is 33.4 Å². The summed E-state index contributed by atoms with van der Waals surface area (Å²) in [6.45, 7) is 5.91. The molecule has 0 bridgehead atoms. The molecular weight excluding hydrogens is 300 g/mol. The van der Waals surface area contributed by atoms with E-state index in [2.05, 4.69) is 4.98 Å². The standard InChI is InChI=1S/C16H22N2O5/c1-10-12(15(20)21-3)11(2)17-13(10)14(19)18-6-4-16(5-7-18)22-8-9-23-16/h17H,4-9H2,1-3H3. The van der Waals surface area contributed by atoms with Crippen molar-refractivity contribution in [3.8, 4) is 0 Å². The lowest BCUT2D eigenvalue weighted by Gasteiger charge is -2.37. The Morgan fingerprint density at radius 1 is 1.17 bits per heavy atom. The predicted octanol–water partition coefficient (Wildman–Crippen LogP) is 1.40. The lowest BCUT2D eigenvalue weighted by atomic mass is 10.0. The van der Waals surface area contributed by atoms with Gasteiger partial charge in [0.25, 0.3) is 5.91 Å². The molecule has 0 aliphatic carbocycles. The summed E-state index contributed by atoms with van der Waals surface area (Å²) >= 11 is 0. The average Bonchev–Trinajstić information content (AvgIpc) is 3.12. The minimum atomic E-state index is -0.505. The molecule has 0 radical (unpaired) electrons. The van der Waals surface area contributed by atoms with Crippen LogP contribution in [0.4, 0.5) is 0 Å². The molecule has 7 nitrogen and oxygen atoms in total. The van der Waals surface area contributed by atoms with Crippen molar-refractivity contribution < 1.29 is 23.8 Å². The summed E-state index contributed by atoms with van der Waals surface area (Å²) in [5.74, 6) is -1.04. The van der Waals surface area contributed by atoms with Crippen LogP contribution in [0.5, 0.6) is 0 Å². The maximum atomic E-state index is 12.8. The molecule has 1 spiro atoms. The van der Waals surface area contributed by atoms with Crippen molar-refractivity contribution in [2.45, 2.75) is 32.5 Å². The van der Waals surface area contributed by atoms with Gasteiger partial charge in [0.05, 0.1) is 25.9 Å². The van der Waals surface area contributed by atoms with Crippen molar-refractivity contribution in [1.29, 1.82) is 0 Å². The third-order valence-electron chi connectivity index (χ3n) is 4.67. The molecule has 0 aromatic carbocycles. The summed E-state index contributed by atoms with van der Waals surface area (Å²) in [6, 6.07) is 0. The average molecular weight is 322 g/mol. The first kappa shape index (κ1) is 16.0. The van der Waals surface area contributed by atoms with Crippen molar-refractivity contribution in [3.63, 3.8) is 0 Å². The van der Waals surface area contributed by atoms with Gasteiger partial charge in [-0.05, 0) is 19.4 Å². The Bertz CT molecular complexity index is 621. The van der Waals surface area contributed by atoms with Crippen LogP contribution in [0, 0.1) is 13.8 Å². The summed E-state index contributed by atoms with van der Waals surface area (Å²) in [7, 11) is 1.33. The van der Waals surface area contributed by atoms with Crippen molar-refractivity contribution in [2.24, 2.45) is 0 Å². The van der Waals surface area contributed by atoms with Crippen LogP contribution < -0.4 is 0 Å². The van der Waals surface area contributed by atoms with Crippen LogP contribution in [-0.4, -0.2) is 61.0 Å². The van der Waals surface area contributed by atoms with Crippen LogP contribution in [0.15, 0.2) is 0 Å². The van der Waals surface area contributed by atoms with Gasteiger partial charge in [-0.15, -0.1) is 0 Å². The van der Waals surface area contributed by atoms with Gasteiger partial charge in [-0.1, -0.05) is 0 Å². The van der Waals surface area contributed by atoms with Gasteiger partial charge in [0.15, 0.2) is 5.79 Å². The van der Waals surface area contributed by atoms with Crippen LogP contribution in [-0.2, 0) is 14.2 Å². The number of esters is 1. The van der Waals surface area contributed by atoms with E-state index in [4.69, 9.17) is 14.2 Å². The van der Waals surface area contributed by atoms with E-state index in [9.17, 15) is 9.59 Å². The molecule has 23 heavy (non-hydrogen) atoms. The molecule has 1 amide bonds. The van der Waals surface area contributed by atoms with Gasteiger partial charge in [0, 0.05) is 31.6 Å². The molecule has 3 rings (SSSR count). The molecule has 1 aromatic rings. The number of hydrogen-bond donors (Lipinski definition) is 1. The normalized spacial score (nSPS) is 20.0. The van der Waals surface area contributed by atoms with Gasteiger partial charge in [-0.3, -0.25) is 4.79 Å². The number of hydrogen-bond acceptors (Lipinski definition) is 5. The Morgan fingerprint density at radius 2 is 1.78 bits per heavy atom. The maximum absolute atomic E-state index is 12.8. The van der Waals surface area contributed by atoms with Crippen molar-refractivity contribution >= 4 is 11.9 Å². The Balaban J connectivity index is 1.75. The fourth-order valence-electron chi connectivity index (χ4n) is 3.37. The van der Waals surface area contributed by atoms with Crippen LogP contribution in [0.3, 0.4) is 0 Å². The van der Waals surface area contributed by atoms with E-state index in [-0.39, 0.29) is 5.91 Å². The summed E-state index contributed by atoms with van der Waals surface area (Å²) in [4.78, 5) is 29.4. The summed E-state index contributed by atoms with van der Waals surface area (Å²) < 4.78 is 16.1. The van der Waals surface area contributed by atoms with Crippen molar-refractivity contribution in [1.82, 2.24) is 9.88 Å². The molecule has 0 unspecified atom stereocenters. The number of nitrogens with one attached hydrogen (secondary N) is 1. The number of nitrogens with zero attached hydrogens (tertiary/aromatic N) is 1. The SMILES string of the molecule is COC(=O)c1c(C)[nH]c(C(=O)N2CCC3(CC2)OCCO3)c1C. The molecular formula is C16H22N2O5. The third-order valence-corrected chi connectivity index (χ3v) is 4.67. The Hall–Kier alpha value is -1.86.